The number of hydrogen-bond donors (Lipinski definition) is 2. The average molecular weight is 280 g/mol. The van der Waals surface area contributed by atoms with Crippen molar-refractivity contribution in [2.24, 2.45) is 5.92 Å². The number of carbonyl (C=O) groups is 1. The number of rotatable bonds is 4. The molecular weight excluding hydrogens is 256 g/mol. The molecule has 0 aromatic rings. The second kappa shape index (κ2) is 7.53. The van der Waals surface area contributed by atoms with Crippen molar-refractivity contribution in [2.75, 3.05) is 13.7 Å². The number of methoxy groups -OCH3 is 1. The van der Waals surface area contributed by atoms with E-state index in [-0.39, 0.29) is 24.9 Å². The van der Waals surface area contributed by atoms with Gasteiger partial charge in [0.1, 0.15) is 6.10 Å². The van der Waals surface area contributed by atoms with Gasteiger partial charge in [0, 0.05) is 19.4 Å². The van der Waals surface area contributed by atoms with E-state index in [1.54, 1.807) is 13.2 Å². The van der Waals surface area contributed by atoms with Gasteiger partial charge in [-0.05, 0) is 31.9 Å². The van der Waals surface area contributed by atoms with E-state index in [1.807, 2.05) is 19.9 Å². The molecule has 0 heterocycles. The van der Waals surface area contributed by atoms with Crippen molar-refractivity contribution in [2.45, 2.75) is 38.9 Å². The number of carbonyl (C=O) groups excluding carboxylic acids is 1. The Kier molecular flexibility index (Phi) is 6.33. The summed E-state index contributed by atoms with van der Waals surface area (Å²) in [5.41, 5.74) is 2.31. The third-order valence-electron chi connectivity index (χ3n) is 3.47. The van der Waals surface area contributed by atoms with Crippen molar-refractivity contribution in [3.8, 4) is 0 Å². The van der Waals surface area contributed by atoms with E-state index in [9.17, 15) is 15.0 Å². The summed E-state index contributed by atoms with van der Waals surface area (Å²) >= 11 is 0. The minimum atomic E-state index is -1.05. The summed E-state index contributed by atoms with van der Waals surface area (Å²) in [4.78, 5) is 12.4. The Hall–Kier alpha value is -1.23. The fourth-order valence-electron chi connectivity index (χ4n) is 2.42. The highest BCUT2D eigenvalue weighted by atomic mass is 16.5. The molecule has 0 unspecified atom stereocenters. The molecule has 0 aromatic carbocycles. The second-order valence-corrected chi connectivity index (χ2v) is 5.45. The Morgan fingerprint density at radius 1 is 1.50 bits per heavy atom. The minimum absolute atomic E-state index is 0.233. The molecule has 0 saturated carbocycles. The molecule has 1 aliphatic rings. The fraction of sp³-hybridized carbons (Fsp3) is 0.562. The van der Waals surface area contributed by atoms with Crippen LogP contribution in [0.15, 0.2) is 35.5 Å². The third-order valence-corrected chi connectivity index (χ3v) is 3.47. The molecule has 0 saturated heterocycles. The van der Waals surface area contributed by atoms with Gasteiger partial charge < -0.3 is 14.9 Å². The SMILES string of the molecule is C=C(C)C[C@H]1C(=O)[C@@H](O)C/C(C)=C\[C@@H](OC)/C=C\1CO. The number of hydrogen-bond acceptors (Lipinski definition) is 4. The number of ketones is 1. The van der Waals surface area contributed by atoms with E-state index in [2.05, 4.69) is 6.58 Å². The van der Waals surface area contributed by atoms with Crippen LogP contribution in [0.2, 0.25) is 0 Å². The normalized spacial score (nSPS) is 33.2. The Labute approximate surface area is 120 Å². The minimum Gasteiger partial charge on any atom is -0.392 e. The van der Waals surface area contributed by atoms with E-state index in [1.165, 1.54) is 0 Å². The van der Waals surface area contributed by atoms with Crippen LogP contribution in [0, 0.1) is 5.92 Å². The highest BCUT2D eigenvalue weighted by Gasteiger charge is 2.29. The van der Waals surface area contributed by atoms with E-state index in [4.69, 9.17) is 4.74 Å². The van der Waals surface area contributed by atoms with Crippen molar-refractivity contribution in [1.82, 2.24) is 0 Å². The zero-order chi connectivity index (χ0) is 15.3. The number of aliphatic hydroxyl groups is 2. The molecule has 1 aliphatic carbocycles. The van der Waals surface area contributed by atoms with Crippen molar-refractivity contribution in [3.05, 3.63) is 35.5 Å². The van der Waals surface area contributed by atoms with Crippen LogP contribution in [0.25, 0.3) is 0 Å². The van der Waals surface area contributed by atoms with Gasteiger partial charge in [-0.1, -0.05) is 17.2 Å². The molecule has 0 spiro atoms. The molecule has 112 valence electrons. The summed E-state index contributed by atoms with van der Waals surface area (Å²) in [5.74, 6) is -0.803. The maximum absolute atomic E-state index is 12.4. The standard InChI is InChI=1S/C16H24O4/c1-10(2)5-14-12(9-17)8-13(20-4)6-11(3)7-15(18)16(14)19/h6,8,13-15,17-18H,1,5,7,9H2,2-4H3/b11-6-,12-8-/t13-,14-,15+/m1/s1. The maximum Gasteiger partial charge on any atom is 0.169 e. The molecule has 0 fully saturated rings. The molecule has 0 amide bonds. The molecule has 3 atom stereocenters. The third kappa shape index (κ3) is 4.40. The summed E-state index contributed by atoms with van der Waals surface area (Å²) < 4.78 is 5.33. The lowest BCUT2D eigenvalue weighted by molar-refractivity contribution is -0.130. The van der Waals surface area contributed by atoms with E-state index in [0.717, 1.165) is 11.1 Å². The van der Waals surface area contributed by atoms with Gasteiger partial charge in [0.2, 0.25) is 0 Å². The first-order valence-electron chi connectivity index (χ1n) is 6.76. The van der Waals surface area contributed by atoms with Crippen LogP contribution in [0.3, 0.4) is 0 Å². The van der Waals surface area contributed by atoms with Crippen LogP contribution in [0.4, 0.5) is 0 Å². The van der Waals surface area contributed by atoms with Crippen LogP contribution in [0.1, 0.15) is 26.7 Å². The predicted octanol–water partition coefficient (Wildman–Crippen LogP) is 1.78. The lowest BCUT2D eigenvalue weighted by Crippen LogP contribution is -2.30. The Morgan fingerprint density at radius 3 is 2.65 bits per heavy atom. The van der Waals surface area contributed by atoms with Gasteiger partial charge in [0.15, 0.2) is 5.78 Å². The first-order valence-corrected chi connectivity index (χ1v) is 6.76. The lowest BCUT2D eigenvalue weighted by Gasteiger charge is -2.21. The van der Waals surface area contributed by atoms with Crippen LogP contribution >= 0.6 is 0 Å². The summed E-state index contributed by atoms with van der Waals surface area (Å²) in [6.45, 7) is 7.28. The molecular formula is C16H24O4. The Bertz CT molecular complexity index is 434. The monoisotopic (exact) mass is 280 g/mol. The smallest absolute Gasteiger partial charge is 0.169 e. The highest BCUT2D eigenvalue weighted by molar-refractivity contribution is 5.88. The predicted molar refractivity (Wildman–Crippen MR) is 78.3 cm³/mol. The van der Waals surface area contributed by atoms with Crippen LogP contribution < -0.4 is 0 Å². The zero-order valence-electron chi connectivity index (χ0n) is 12.4. The van der Waals surface area contributed by atoms with Crippen LogP contribution in [-0.2, 0) is 9.53 Å². The van der Waals surface area contributed by atoms with Crippen LogP contribution in [0.5, 0.6) is 0 Å². The molecule has 0 aliphatic heterocycles. The van der Waals surface area contributed by atoms with E-state index < -0.39 is 12.0 Å². The molecule has 2 N–H and O–H groups in total. The second-order valence-electron chi connectivity index (χ2n) is 5.45. The van der Waals surface area contributed by atoms with Crippen molar-refractivity contribution >= 4 is 5.78 Å². The topological polar surface area (TPSA) is 66.8 Å². The first-order chi connectivity index (χ1) is 9.38. The number of allylic oxidation sites excluding steroid dienone is 1. The summed E-state index contributed by atoms with van der Waals surface area (Å²) in [6.07, 6.45) is 2.97. The fourth-order valence-corrected chi connectivity index (χ4v) is 2.42. The van der Waals surface area contributed by atoms with Gasteiger partial charge in [0.05, 0.1) is 12.7 Å². The van der Waals surface area contributed by atoms with Crippen LogP contribution in [-0.4, -0.2) is 41.9 Å². The maximum atomic E-state index is 12.4. The van der Waals surface area contributed by atoms with E-state index in [0.29, 0.717) is 12.0 Å². The van der Waals surface area contributed by atoms with Gasteiger partial charge in [0.25, 0.3) is 0 Å². The molecule has 20 heavy (non-hydrogen) atoms. The van der Waals surface area contributed by atoms with Gasteiger partial charge in [-0.2, -0.15) is 0 Å². The van der Waals surface area contributed by atoms with E-state index >= 15 is 0 Å². The summed E-state index contributed by atoms with van der Waals surface area (Å²) in [7, 11) is 1.57. The number of ether oxygens (including phenoxy) is 1. The zero-order valence-corrected chi connectivity index (χ0v) is 12.4. The highest BCUT2D eigenvalue weighted by Crippen LogP contribution is 2.26. The van der Waals surface area contributed by atoms with Crippen molar-refractivity contribution < 1.29 is 19.7 Å². The Morgan fingerprint density at radius 2 is 2.15 bits per heavy atom. The lowest BCUT2D eigenvalue weighted by atomic mass is 9.85. The van der Waals surface area contributed by atoms with Gasteiger partial charge in [-0.3, -0.25) is 4.79 Å². The molecule has 0 bridgehead atoms. The van der Waals surface area contributed by atoms with Gasteiger partial charge >= 0.3 is 0 Å². The molecule has 0 aromatic heterocycles. The van der Waals surface area contributed by atoms with Gasteiger partial charge in [-0.25, -0.2) is 0 Å². The number of aliphatic hydroxyl groups excluding tert-OH is 2. The molecule has 4 nitrogen and oxygen atoms in total. The van der Waals surface area contributed by atoms with Crippen molar-refractivity contribution in [3.63, 3.8) is 0 Å². The molecule has 1 rings (SSSR count). The summed E-state index contributed by atoms with van der Waals surface area (Å²) in [6, 6.07) is 0. The Balaban J connectivity index is 3.22. The largest absolute Gasteiger partial charge is 0.392 e. The summed E-state index contributed by atoms with van der Waals surface area (Å²) in [5, 5.41) is 19.6. The first kappa shape index (κ1) is 16.8. The number of Topliss-reactive ketones (excluding diaryl/α,β-unsaturated/α-hetero) is 1. The quantitative estimate of drug-likeness (QED) is 0.770. The van der Waals surface area contributed by atoms with Crippen molar-refractivity contribution in [1.29, 1.82) is 0 Å². The average Bonchev–Trinajstić information content (AvgIpc) is 2.42. The molecule has 4 heteroatoms. The molecule has 0 radical (unpaired) electrons. The van der Waals surface area contributed by atoms with Gasteiger partial charge in [-0.15, -0.1) is 6.58 Å².